The molecule has 0 radical (unpaired) electrons. The van der Waals surface area contributed by atoms with E-state index in [1.807, 2.05) is 47.4 Å². The molecule has 2 heterocycles. The smallest absolute Gasteiger partial charge is 0.185 e. The maximum absolute atomic E-state index is 14.8. The fraction of sp³-hybridized carbons (Fsp3) is 0.171. The summed E-state index contributed by atoms with van der Waals surface area (Å²) in [5.74, 6) is -0.756. The Morgan fingerprint density at radius 3 is 2.19 bits per heavy atom. The van der Waals surface area contributed by atoms with Gasteiger partial charge in [-0.1, -0.05) is 78.4 Å². The van der Waals surface area contributed by atoms with Crippen LogP contribution in [0.3, 0.4) is 0 Å². The van der Waals surface area contributed by atoms with Crippen molar-refractivity contribution < 1.29 is 23.9 Å². The maximum Gasteiger partial charge on any atom is 0.185 e. The number of Topliss-reactive ketones (excluding diaryl/α,β-unsaturated/α-hetero) is 3. The van der Waals surface area contributed by atoms with Gasteiger partial charge < -0.3 is 14.4 Å². The van der Waals surface area contributed by atoms with E-state index in [1.54, 1.807) is 74.9 Å². The first-order chi connectivity index (χ1) is 20.4. The second kappa shape index (κ2) is 9.71. The van der Waals surface area contributed by atoms with Gasteiger partial charge in [-0.3, -0.25) is 14.4 Å². The van der Waals surface area contributed by atoms with Gasteiger partial charge in [0.25, 0.3) is 0 Å². The predicted molar refractivity (Wildman–Crippen MR) is 161 cm³/mol. The molecular formula is C35H26ClNO5. The van der Waals surface area contributed by atoms with Crippen molar-refractivity contribution in [1.82, 2.24) is 0 Å². The number of halogens is 1. The standard InChI is InChI=1S/C35H26ClNO5/c1-41-23-14-16-28(42-2)26(19-23)30-31(32(38)20-8-4-3-5-9-20)37-27-15-13-22(36)18-21(27)12-17-29(37)35(30)33(39)24-10-6-7-11-25(24)34(35)40/h3-19,29-31H,1-2H3/t29?,30-,31+/m0/s1. The summed E-state index contributed by atoms with van der Waals surface area (Å²) < 4.78 is 11.4. The average Bonchev–Trinajstić information content (AvgIpc) is 3.46. The Hall–Kier alpha value is -4.68. The van der Waals surface area contributed by atoms with Crippen LogP contribution in [0.25, 0.3) is 6.08 Å². The Balaban J connectivity index is 1.59. The molecule has 7 heteroatoms. The van der Waals surface area contributed by atoms with Crippen LogP contribution in [0.5, 0.6) is 11.5 Å². The summed E-state index contributed by atoms with van der Waals surface area (Å²) in [6.07, 6.45) is 3.77. The third kappa shape index (κ3) is 3.48. The van der Waals surface area contributed by atoms with Gasteiger partial charge in [0.05, 0.1) is 20.3 Å². The predicted octanol–water partition coefficient (Wildman–Crippen LogP) is 6.67. The number of benzene rings is 4. The van der Waals surface area contributed by atoms with Crippen molar-refractivity contribution in [3.05, 3.63) is 130 Å². The molecule has 3 aliphatic rings. The number of anilines is 1. The van der Waals surface area contributed by atoms with E-state index in [4.69, 9.17) is 21.1 Å². The molecule has 0 bridgehead atoms. The highest BCUT2D eigenvalue weighted by Gasteiger charge is 2.72. The van der Waals surface area contributed by atoms with Crippen LogP contribution < -0.4 is 14.4 Å². The van der Waals surface area contributed by atoms with E-state index < -0.39 is 23.4 Å². The van der Waals surface area contributed by atoms with E-state index in [0.29, 0.717) is 38.8 Å². The molecule has 6 nitrogen and oxygen atoms in total. The van der Waals surface area contributed by atoms with Gasteiger partial charge in [-0.2, -0.15) is 0 Å². The number of rotatable bonds is 5. The zero-order valence-corrected chi connectivity index (χ0v) is 23.7. The molecule has 3 atom stereocenters. The van der Waals surface area contributed by atoms with Crippen molar-refractivity contribution in [2.45, 2.75) is 18.0 Å². The molecule has 0 saturated carbocycles. The normalized spacial score (nSPS) is 21.2. The number of carbonyl (C=O) groups excluding carboxylic acids is 3. The molecule has 1 saturated heterocycles. The summed E-state index contributed by atoms with van der Waals surface area (Å²) >= 11 is 6.38. The summed E-state index contributed by atoms with van der Waals surface area (Å²) in [5.41, 5.74) is 1.63. The quantitative estimate of drug-likeness (QED) is 0.195. The van der Waals surface area contributed by atoms with Crippen molar-refractivity contribution in [3.63, 3.8) is 0 Å². The van der Waals surface area contributed by atoms with Gasteiger partial charge in [0, 0.05) is 38.9 Å². The van der Waals surface area contributed by atoms with Gasteiger partial charge in [-0.15, -0.1) is 0 Å². The molecule has 1 spiro atoms. The molecular weight excluding hydrogens is 550 g/mol. The maximum atomic E-state index is 14.8. The summed E-state index contributed by atoms with van der Waals surface area (Å²) in [6.45, 7) is 0. The Bertz CT molecular complexity index is 1780. The van der Waals surface area contributed by atoms with Crippen LogP contribution in [-0.4, -0.2) is 43.7 Å². The molecule has 4 aromatic carbocycles. The lowest BCUT2D eigenvalue weighted by Gasteiger charge is -2.37. The zero-order valence-electron chi connectivity index (χ0n) is 22.9. The summed E-state index contributed by atoms with van der Waals surface area (Å²) in [7, 11) is 3.09. The van der Waals surface area contributed by atoms with E-state index in [2.05, 4.69) is 0 Å². The highest BCUT2D eigenvalue weighted by molar-refractivity contribution is 6.33. The summed E-state index contributed by atoms with van der Waals surface area (Å²) in [4.78, 5) is 46.3. The van der Waals surface area contributed by atoms with Crippen LogP contribution in [0.1, 0.15) is 48.1 Å². The molecule has 208 valence electrons. The third-order valence-electron chi connectivity index (χ3n) is 8.86. The SMILES string of the molecule is COc1ccc(OC)c([C@H]2[C@H](C(=O)c3ccccc3)N3c4ccc(Cl)cc4C=CC3C23C(=O)c2ccccc2C3=O)c1. The first-order valence-electron chi connectivity index (χ1n) is 13.7. The average molecular weight is 576 g/mol. The fourth-order valence-electron chi connectivity index (χ4n) is 7.15. The number of carbonyl (C=O) groups is 3. The number of nitrogens with zero attached hydrogens (tertiary/aromatic N) is 1. The molecule has 0 aromatic heterocycles. The Morgan fingerprint density at radius 2 is 1.52 bits per heavy atom. The Kier molecular flexibility index (Phi) is 6.06. The minimum Gasteiger partial charge on any atom is -0.497 e. The number of hydrogen-bond donors (Lipinski definition) is 0. The van der Waals surface area contributed by atoms with Gasteiger partial charge >= 0.3 is 0 Å². The zero-order chi connectivity index (χ0) is 29.2. The molecule has 1 unspecified atom stereocenters. The Labute approximate surface area is 248 Å². The largest absolute Gasteiger partial charge is 0.497 e. The minimum atomic E-state index is -1.65. The van der Waals surface area contributed by atoms with Gasteiger partial charge in [0.15, 0.2) is 17.3 Å². The molecule has 2 aliphatic heterocycles. The van der Waals surface area contributed by atoms with Crippen molar-refractivity contribution in [2.24, 2.45) is 5.41 Å². The number of ether oxygens (including phenoxy) is 2. The second-order valence-electron chi connectivity index (χ2n) is 10.7. The van der Waals surface area contributed by atoms with Crippen LogP contribution in [0, 0.1) is 5.41 Å². The third-order valence-corrected chi connectivity index (χ3v) is 9.10. The molecule has 0 N–H and O–H groups in total. The molecule has 1 fully saturated rings. The molecule has 0 amide bonds. The van der Waals surface area contributed by atoms with E-state index >= 15 is 0 Å². The topological polar surface area (TPSA) is 72.9 Å². The second-order valence-corrected chi connectivity index (χ2v) is 11.2. The lowest BCUT2D eigenvalue weighted by molar-refractivity contribution is 0.0664. The molecule has 42 heavy (non-hydrogen) atoms. The van der Waals surface area contributed by atoms with Crippen molar-refractivity contribution in [3.8, 4) is 11.5 Å². The number of hydrogen-bond acceptors (Lipinski definition) is 6. The fourth-order valence-corrected chi connectivity index (χ4v) is 7.33. The van der Waals surface area contributed by atoms with Crippen LogP contribution in [0.15, 0.2) is 97.1 Å². The van der Waals surface area contributed by atoms with Crippen LogP contribution >= 0.6 is 11.6 Å². The van der Waals surface area contributed by atoms with Crippen LogP contribution in [-0.2, 0) is 0 Å². The molecule has 1 aliphatic carbocycles. The monoisotopic (exact) mass is 575 g/mol. The summed E-state index contributed by atoms with van der Waals surface area (Å²) in [5, 5.41) is 0.545. The highest BCUT2D eigenvalue weighted by Crippen LogP contribution is 2.62. The summed E-state index contributed by atoms with van der Waals surface area (Å²) in [6, 6.07) is 25.0. The van der Waals surface area contributed by atoms with Gasteiger partial charge in [0.1, 0.15) is 23.0 Å². The minimum absolute atomic E-state index is 0.208. The number of methoxy groups -OCH3 is 2. The van der Waals surface area contributed by atoms with Crippen LogP contribution in [0.2, 0.25) is 5.02 Å². The van der Waals surface area contributed by atoms with Crippen molar-refractivity contribution in [2.75, 3.05) is 19.1 Å². The first-order valence-corrected chi connectivity index (χ1v) is 14.1. The van der Waals surface area contributed by atoms with Gasteiger partial charge in [0.2, 0.25) is 0 Å². The van der Waals surface area contributed by atoms with Gasteiger partial charge in [-0.05, 0) is 42.0 Å². The van der Waals surface area contributed by atoms with Crippen molar-refractivity contribution >= 4 is 40.7 Å². The van der Waals surface area contributed by atoms with Crippen molar-refractivity contribution in [1.29, 1.82) is 0 Å². The van der Waals surface area contributed by atoms with Crippen LogP contribution in [0.4, 0.5) is 5.69 Å². The number of fused-ring (bicyclic) bond motifs is 5. The number of ketones is 3. The van der Waals surface area contributed by atoms with E-state index in [-0.39, 0.29) is 17.3 Å². The highest BCUT2D eigenvalue weighted by atomic mass is 35.5. The molecule has 4 aromatic rings. The van der Waals surface area contributed by atoms with E-state index in [0.717, 1.165) is 11.3 Å². The lowest BCUT2D eigenvalue weighted by atomic mass is 9.64. The first kappa shape index (κ1) is 26.2. The van der Waals surface area contributed by atoms with E-state index in [9.17, 15) is 14.4 Å². The van der Waals surface area contributed by atoms with E-state index in [1.165, 1.54) is 0 Å². The molecule has 7 rings (SSSR count). The lowest BCUT2D eigenvalue weighted by Crippen LogP contribution is -2.48. The Morgan fingerprint density at radius 1 is 0.833 bits per heavy atom. The van der Waals surface area contributed by atoms with Gasteiger partial charge in [-0.25, -0.2) is 0 Å².